The highest BCUT2D eigenvalue weighted by molar-refractivity contribution is 6.68. The maximum absolute atomic E-state index is 13.2. The average Bonchev–Trinajstić information content (AvgIpc) is 2.41. The Labute approximate surface area is 131 Å². The molecule has 0 amide bonds. The number of nitrogens with zero attached hydrogens (tertiary/aromatic N) is 2. The summed E-state index contributed by atoms with van der Waals surface area (Å²) in [6, 6.07) is 3.91. The summed E-state index contributed by atoms with van der Waals surface area (Å²) in [6.07, 6.45) is 0. The van der Waals surface area contributed by atoms with Gasteiger partial charge in [-0.2, -0.15) is 0 Å². The van der Waals surface area contributed by atoms with Crippen LogP contribution < -0.4 is 4.90 Å². The molecule has 0 aliphatic carbocycles. The van der Waals surface area contributed by atoms with Gasteiger partial charge in [0.05, 0.1) is 29.4 Å². The minimum atomic E-state index is -0.457. The van der Waals surface area contributed by atoms with Crippen LogP contribution in [-0.4, -0.2) is 24.4 Å². The van der Waals surface area contributed by atoms with Gasteiger partial charge in [0.2, 0.25) is 5.29 Å². The van der Waals surface area contributed by atoms with E-state index in [0.717, 1.165) is 0 Å². The summed E-state index contributed by atoms with van der Waals surface area (Å²) >= 11 is 12.2. The second kappa shape index (κ2) is 6.45. The van der Waals surface area contributed by atoms with Crippen molar-refractivity contribution in [2.24, 2.45) is 4.99 Å². The van der Waals surface area contributed by atoms with Gasteiger partial charge in [-0.3, -0.25) is 9.89 Å². The maximum atomic E-state index is 13.2. The first kappa shape index (κ1) is 15.8. The molecule has 2 rings (SSSR count). The zero-order chi connectivity index (χ0) is 15.6. The van der Waals surface area contributed by atoms with Crippen LogP contribution in [0.1, 0.15) is 13.8 Å². The Hall–Kier alpha value is -1.59. The minimum Gasteiger partial charge on any atom is -0.463 e. The van der Waals surface area contributed by atoms with Gasteiger partial charge in [-0.05, 0) is 43.6 Å². The number of halogens is 3. The number of carbonyl (C=O) groups excluding carboxylic acids is 1. The number of amidine groups is 1. The van der Waals surface area contributed by atoms with Gasteiger partial charge in [0.1, 0.15) is 5.82 Å². The average molecular weight is 331 g/mol. The summed E-state index contributed by atoms with van der Waals surface area (Å²) in [7, 11) is 0. The van der Waals surface area contributed by atoms with E-state index in [1.54, 1.807) is 13.8 Å². The fraction of sp³-hybridized carbons (Fsp3) is 0.286. The van der Waals surface area contributed by atoms with Crippen LogP contribution in [0.25, 0.3) is 0 Å². The van der Waals surface area contributed by atoms with E-state index >= 15 is 0 Å². The van der Waals surface area contributed by atoms with Crippen LogP contribution >= 0.6 is 23.2 Å². The molecule has 0 N–H and O–H groups in total. The fourth-order valence-corrected chi connectivity index (χ4v) is 2.51. The lowest BCUT2D eigenvalue weighted by atomic mass is 10.1. The third kappa shape index (κ3) is 3.19. The highest BCUT2D eigenvalue weighted by atomic mass is 35.5. The molecule has 0 spiro atoms. The van der Waals surface area contributed by atoms with Crippen molar-refractivity contribution in [1.29, 1.82) is 0 Å². The smallest absolute Gasteiger partial charge is 0.337 e. The van der Waals surface area contributed by atoms with Crippen LogP contribution in [0.2, 0.25) is 5.02 Å². The molecule has 0 radical (unpaired) electrons. The van der Waals surface area contributed by atoms with E-state index in [9.17, 15) is 9.18 Å². The van der Waals surface area contributed by atoms with Crippen molar-refractivity contribution in [3.63, 3.8) is 0 Å². The van der Waals surface area contributed by atoms with Crippen LogP contribution in [0, 0.1) is 5.82 Å². The molecular formula is C14H13Cl2FN2O2. The molecule has 21 heavy (non-hydrogen) atoms. The van der Waals surface area contributed by atoms with E-state index in [1.807, 2.05) is 0 Å². The first-order chi connectivity index (χ1) is 9.95. The molecule has 0 bridgehead atoms. The van der Waals surface area contributed by atoms with Crippen molar-refractivity contribution >= 4 is 40.2 Å². The lowest BCUT2D eigenvalue weighted by Gasteiger charge is -2.29. The molecule has 1 aromatic rings. The van der Waals surface area contributed by atoms with Gasteiger partial charge in [0.15, 0.2) is 0 Å². The quantitative estimate of drug-likeness (QED) is 0.626. The van der Waals surface area contributed by atoms with Crippen molar-refractivity contribution in [1.82, 2.24) is 0 Å². The molecule has 0 saturated heterocycles. The van der Waals surface area contributed by atoms with Crippen LogP contribution in [0.4, 0.5) is 10.1 Å². The molecule has 1 aliphatic heterocycles. The number of rotatable bonds is 3. The highest BCUT2D eigenvalue weighted by Crippen LogP contribution is 2.33. The SMILES string of the molecule is CCOC(=O)C1=C(C)N(c2ccc(F)cc2Cl)C(Cl)=NC1. The Bertz CT molecular complexity index is 644. The number of esters is 1. The summed E-state index contributed by atoms with van der Waals surface area (Å²) in [4.78, 5) is 17.5. The molecule has 0 saturated carbocycles. The lowest BCUT2D eigenvalue weighted by molar-refractivity contribution is -0.138. The maximum Gasteiger partial charge on any atom is 0.337 e. The van der Waals surface area contributed by atoms with E-state index < -0.39 is 11.8 Å². The number of benzene rings is 1. The fourth-order valence-electron chi connectivity index (χ4n) is 1.98. The molecular weight excluding hydrogens is 318 g/mol. The molecule has 1 aliphatic rings. The van der Waals surface area contributed by atoms with Gasteiger partial charge in [0.25, 0.3) is 0 Å². The Kier molecular flexibility index (Phi) is 4.85. The molecule has 1 heterocycles. The van der Waals surface area contributed by atoms with E-state index in [4.69, 9.17) is 27.9 Å². The van der Waals surface area contributed by atoms with Crippen molar-refractivity contribution in [3.8, 4) is 0 Å². The zero-order valence-corrected chi connectivity index (χ0v) is 13.0. The van der Waals surface area contributed by atoms with Crippen LogP contribution in [0.15, 0.2) is 34.5 Å². The summed E-state index contributed by atoms with van der Waals surface area (Å²) in [5.41, 5.74) is 1.40. The predicted octanol–water partition coefficient (Wildman–Crippen LogP) is 3.73. The molecule has 0 fully saturated rings. The van der Waals surface area contributed by atoms with Crippen LogP contribution in [-0.2, 0) is 9.53 Å². The Morgan fingerprint density at radius 1 is 1.48 bits per heavy atom. The van der Waals surface area contributed by atoms with E-state index in [0.29, 0.717) is 17.0 Å². The predicted molar refractivity (Wildman–Crippen MR) is 81.4 cm³/mol. The zero-order valence-electron chi connectivity index (χ0n) is 11.5. The molecule has 4 nitrogen and oxygen atoms in total. The van der Waals surface area contributed by atoms with Gasteiger partial charge < -0.3 is 4.74 Å². The van der Waals surface area contributed by atoms with Crippen molar-refractivity contribution in [2.75, 3.05) is 18.1 Å². The molecule has 1 aromatic carbocycles. The largest absolute Gasteiger partial charge is 0.463 e. The van der Waals surface area contributed by atoms with Crippen LogP contribution in [0.5, 0.6) is 0 Å². The molecule has 7 heteroatoms. The Morgan fingerprint density at radius 2 is 2.19 bits per heavy atom. The molecule has 0 aromatic heterocycles. The van der Waals surface area contributed by atoms with Gasteiger partial charge in [-0.1, -0.05) is 11.6 Å². The van der Waals surface area contributed by atoms with E-state index in [2.05, 4.69) is 4.99 Å². The van der Waals surface area contributed by atoms with E-state index in [1.165, 1.54) is 23.1 Å². The second-order valence-electron chi connectivity index (χ2n) is 4.30. The first-order valence-electron chi connectivity index (χ1n) is 6.27. The first-order valence-corrected chi connectivity index (χ1v) is 7.03. The molecule has 0 unspecified atom stereocenters. The Morgan fingerprint density at radius 3 is 2.81 bits per heavy atom. The second-order valence-corrected chi connectivity index (χ2v) is 5.05. The van der Waals surface area contributed by atoms with Crippen molar-refractivity contribution in [3.05, 3.63) is 40.3 Å². The summed E-state index contributed by atoms with van der Waals surface area (Å²) in [5, 5.41) is 0.335. The number of allylic oxidation sites excluding steroid dienone is 1. The van der Waals surface area contributed by atoms with E-state index in [-0.39, 0.29) is 23.5 Å². The Balaban J connectivity index is 2.46. The summed E-state index contributed by atoms with van der Waals surface area (Å²) < 4.78 is 18.2. The third-order valence-electron chi connectivity index (χ3n) is 3.00. The molecule has 0 atom stereocenters. The monoisotopic (exact) mass is 330 g/mol. The van der Waals surface area contributed by atoms with Gasteiger partial charge in [-0.25, -0.2) is 9.18 Å². The van der Waals surface area contributed by atoms with Gasteiger partial charge >= 0.3 is 5.97 Å². The van der Waals surface area contributed by atoms with Crippen molar-refractivity contribution < 1.29 is 13.9 Å². The van der Waals surface area contributed by atoms with Gasteiger partial charge in [0, 0.05) is 5.70 Å². The van der Waals surface area contributed by atoms with Crippen LogP contribution in [0.3, 0.4) is 0 Å². The number of ether oxygens (including phenoxy) is 1. The van der Waals surface area contributed by atoms with Gasteiger partial charge in [-0.15, -0.1) is 0 Å². The lowest BCUT2D eigenvalue weighted by Crippen LogP contribution is -2.33. The summed E-state index contributed by atoms with van der Waals surface area (Å²) in [6.45, 7) is 3.84. The number of hydrogen-bond donors (Lipinski definition) is 0. The third-order valence-corrected chi connectivity index (χ3v) is 3.59. The number of anilines is 1. The normalized spacial score (nSPS) is 15.1. The number of carbonyl (C=O) groups is 1. The summed E-state index contributed by atoms with van der Waals surface area (Å²) in [5.74, 6) is -0.910. The number of hydrogen-bond acceptors (Lipinski definition) is 4. The standard InChI is InChI=1S/C14H13Cl2FN2O2/c1-3-21-13(20)10-7-18-14(16)19(8(10)2)12-5-4-9(17)6-11(12)15/h4-6H,3,7H2,1-2H3. The molecule has 112 valence electrons. The topological polar surface area (TPSA) is 41.9 Å². The number of aliphatic imine (C=N–C) groups is 1. The van der Waals surface area contributed by atoms with Crippen molar-refractivity contribution in [2.45, 2.75) is 13.8 Å². The highest BCUT2D eigenvalue weighted by Gasteiger charge is 2.27. The minimum absolute atomic E-state index is 0.138.